The summed E-state index contributed by atoms with van der Waals surface area (Å²) < 4.78 is 1.51. The van der Waals surface area contributed by atoms with Crippen LogP contribution in [-0.4, -0.2) is 27.5 Å². The van der Waals surface area contributed by atoms with Gasteiger partial charge in [-0.05, 0) is 0 Å². The van der Waals surface area contributed by atoms with E-state index in [0.29, 0.717) is 12.5 Å². The molecule has 6 heteroatoms. The number of carbonyl (C=O) groups is 1. The van der Waals surface area contributed by atoms with Crippen LogP contribution in [0.15, 0.2) is 24.1 Å². The smallest absolute Gasteiger partial charge is 0.301 e. The van der Waals surface area contributed by atoms with E-state index in [1.807, 2.05) is 5.38 Å². The molecule has 2 aromatic rings. The summed E-state index contributed by atoms with van der Waals surface area (Å²) in [5.74, 6) is 0.434. The molecule has 0 aliphatic carbocycles. The van der Waals surface area contributed by atoms with Crippen LogP contribution >= 0.6 is 11.3 Å². The Hall–Kier alpha value is -1.69. The predicted molar refractivity (Wildman–Crippen MR) is 69.5 cm³/mol. The monoisotopic (exact) mass is 265 g/mol. The molecule has 0 spiro atoms. The number of H-pyrrole nitrogens is 1. The summed E-state index contributed by atoms with van der Waals surface area (Å²) in [5.41, 5.74) is 0.940. The first kappa shape index (κ1) is 12.8. The highest BCUT2D eigenvalue weighted by Gasteiger charge is 2.17. The highest BCUT2D eigenvalue weighted by molar-refractivity contribution is 7.09. The Morgan fingerprint density at radius 2 is 2.39 bits per heavy atom. The molecule has 5 nitrogen and oxygen atoms in total. The minimum atomic E-state index is -0.0738. The van der Waals surface area contributed by atoms with Gasteiger partial charge in [-0.25, -0.2) is 14.8 Å². The van der Waals surface area contributed by atoms with Crippen molar-refractivity contribution in [1.82, 2.24) is 14.5 Å². The zero-order valence-corrected chi connectivity index (χ0v) is 11.6. The number of hydrogen-bond donors (Lipinski definition) is 0. The summed E-state index contributed by atoms with van der Waals surface area (Å²) in [6.45, 7) is 4.76. The fourth-order valence-electron chi connectivity index (χ4n) is 1.58. The van der Waals surface area contributed by atoms with Gasteiger partial charge >= 0.3 is 6.03 Å². The van der Waals surface area contributed by atoms with E-state index in [4.69, 9.17) is 0 Å². The summed E-state index contributed by atoms with van der Waals surface area (Å²) >= 11 is 1.65. The van der Waals surface area contributed by atoms with E-state index in [1.165, 1.54) is 4.57 Å². The lowest BCUT2D eigenvalue weighted by Gasteiger charge is -2.11. The maximum absolute atomic E-state index is 12.0. The van der Waals surface area contributed by atoms with Gasteiger partial charge in [0.25, 0.3) is 6.33 Å². The summed E-state index contributed by atoms with van der Waals surface area (Å²) in [4.78, 5) is 21.0. The molecule has 2 aromatic heterocycles. The molecule has 0 bridgehead atoms. The van der Waals surface area contributed by atoms with E-state index in [9.17, 15) is 4.79 Å². The van der Waals surface area contributed by atoms with Gasteiger partial charge in [0.2, 0.25) is 0 Å². The Kier molecular flexibility index (Phi) is 3.76. The third-order valence-electron chi connectivity index (χ3n) is 2.55. The first-order chi connectivity index (χ1) is 8.58. The number of rotatable bonds is 3. The molecule has 1 amide bonds. The molecule has 0 atom stereocenters. The van der Waals surface area contributed by atoms with Crippen molar-refractivity contribution >= 4 is 17.4 Å². The van der Waals surface area contributed by atoms with Gasteiger partial charge < -0.3 is 4.90 Å². The topological polar surface area (TPSA) is 52.3 Å². The fraction of sp³-hybridized carbons (Fsp3) is 0.417. The van der Waals surface area contributed by atoms with Crippen molar-refractivity contribution in [3.8, 4) is 0 Å². The van der Waals surface area contributed by atoms with E-state index in [1.54, 1.807) is 42.0 Å². The summed E-state index contributed by atoms with van der Waals surface area (Å²) in [6.07, 6.45) is 5.03. The van der Waals surface area contributed by atoms with Gasteiger partial charge in [0.15, 0.2) is 0 Å². The number of aromatic nitrogens is 3. The molecule has 0 fully saturated rings. The molecule has 0 radical (unpaired) electrons. The normalized spacial score (nSPS) is 10.9. The van der Waals surface area contributed by atoms with Crippen molar-refractivity contribution in [1.29, 1.82) is 0 Å². The van der Waals surface area contributed by atoms with E-state index >= 15 is 0 Å². The molecule has 2 heterocycles. The SMILES string of the molecule is CC(C)c1nc(CN(C)C(=O)n2cc[nH+]c2)cs1. The van der Waals surface area contributed by atoms with Crippen molar-refractivity contribution in [3.05, 3.63) is 34.8 Å². The maximum Gasteiger partial charge on any atom is 0.415 e. The Morgan fingerprint density at radius 3 is 2.94 bits per heavy atom. The van der Waals surface area contributed by atoms with Gasteiger partial charge in [0, 0.05) is 18.3 Å². The van der Waals surface area contributed by atoms with Crippen molar-refractivity contribution in [2.45, 2.75) is 26.3 Å². The minimum Gasteiger partial charge on any atom is -0.301 e. The van der Waals surface area contributed by atoms with Crippen LogP contribution in [0.5, 0.6) is 0 Å². The van der Waals surface area contributed by atoms with Crippen molar-refractivity contribution in [2.24, 2.45) is 0 Å². The zero-order chi connectivity index (χ0) is 13.1. The van der Waals surface area contributed by atoms with Gasteiger partial charge in [0.1, 0.15) is 12.4 Å². The zero-order valence-electron chi connectivity index (χ0n) is 10.8. The molecule has 0 aliphatic rings. The molecule has 0 aliphatic heterocycles. The Balaban J connectivity index is 2.02. The second kappa shape index (κ2) is 5.30. The molecule has 1 N–H and O–H groups in total. The lowest BCUT2D eigenvalue weighted by atomic mass is 10.2. The standard InChI is InChI=1S/C12H16N4OS/c1-9(2)11-14-10(7-18-11)6-15(3)12(17)16-5-4-13-8-16/h4-5,7-9H,6H2,1-3H3/p+1. The Bertz CT molecular complexity index is 518. The van der Waals surface area contributed by atoms with Gasteiger partial charge in [-0.15, -0.1) is 11.3 Å². The van der Waals surface area contributed by atoms with E-state index in [-0.39, 0.29) is 6.03 Å². The number of thiazole rings is 1. The lowest BCUT2D eigenvalue weighted by Crippen LogP contribution is -2.30. The molecule has 0 saturated carbocycles. The van der Waals surface area contributed by atoms with Gasteiger partial charge in [0.05, 0.1) is 17.2 Å². The number of aromatic amines is 1. The van der Waals surface area contributed by atoms with Gasteiger partial charge in [-0.3, -0.25) is 0 Å². The fourth-order valence-corrected chi connectivity index (χ4v) is 2.40. The third kappa shape index (κ3) is 2.76. The number of imidazole rings is 1. The van der Waals surface area contributed by atoms with Crippen LogP contribution in [0.3, 0.4) is 0 Å². The van der Waals surface area contributed by atoms with Crippen molar-refractivity contribution in [3.63, 3.8) is 0 Å². The maximum atomic E-state index is 12.0. The van der Waals surface area contributed by atoms with Crippen LogP contribution in [0.4, 0.5) is 4.79 Å². The van der Waals surface area contributed by atoms with Crippen LogP contribution in [0.2, 0.25) is 0 Å². The Labute approximate surface area is 110 Å². The molecular formula is C12H17N4OS+. The van der Waals surface area contributed by atoms with Gasteiger partial charge in [-0.1, -0.05) is 13.8 Å². The minimum absolute atomic E-state index is 0.0738. The lowest BCUT2D eigenvalue weighted by molar-refractivity contribution is -0.376. The van der Waals surface area contributed by atoms with Crippen LogP contribution < -0.4 is 4.98 Å². The van der Waals surface area contributed by atoms with Crippen molar-refractivity contribution < 1.29 is 9.78 Å². The average Bonchev–Trinajstić information content (AvgIpc) is 2.98. The second-order valence-corrected chi connectivity index (χ2v) is 5.38. The van der Waals surface area contributed by atoms with Crippen LogP contribution in [0.1, 0.15) is 30.5 Å². The first-order valence-electron chi connectivity index (χ1n) is 5.81. The van der Waals surface area contributed by atoms with Crippen LogP contribution in [0, 0.1) is 0 Å². The number of nitrogens with zero attached hydrogens (tertiary/aromatic N) is 3. The summed E-state index contributed by atoms with van der Waals surface area (Å²) in [6, 6.07) is -0.0738. The molecule has 96 valence electrons. The van der Waals surface area contributed by atoms with Gasteiger partial charge in [-0.2, -0.15) is 4.57 Å². The quantitative estimate of drug-likeness (QED) is 0.852. The highest BCUT2D eigenvalue weighted by atomic mass is 32.1. The summed E-state index contributed by atoms with van der Waals surface area (Å²) in [7, 11) is 1.77. The van der Waals surface area contributed by atoms with Crippen molar-refractivity contribution in [2.75, 3.05) is 7.05 Å². The van der Waals surface area contributed by atoms with Crippen LogP contribution in [-0.2, 0) is 6.54 Å². The second-order valence-electron chi connectivity index (χ2n) is 4.49. The molecule has 0 saturated heterocycles. The number of nitrogens with one attached hydrogen (secondary N) is 1. The number of amides is 1. The van der Waals surface area contributed by atoms with E-state index in [0.717, 1.165) is 10.7 Å². The molecule has 18 heavy (non-hydrogen) atoms. The predicted octanol–water partition coefficient (Wildman–Crippen LogP) is 1.98. The molecule has 0 unspecified atom stereocenters. The van der Waals surface area contributed by atoms with Crippen LogP contribution in [0.25, 0.3) is 0 Å². The number of hydrogen-bond acceptors (Lipinski definition) is 3. The Morgan fingerprint density at radius 1 is 1.61 bits per heavy atom. The molecular weight excluding hydrogens is 248 g/mol. The average molecular weight is 265 g/mol. The third-order valence-corrected chi connectivity index (χ3v) is 3.75. The molecule has 0 aromatic carbocycles. The summed E-state index contributed by atoms with van der Waals surface area (Å²) in [5, 5.41) is 3.13. The van der Waals surface area contributed by atoms with E-state index < -0.39 is 0 Å². The molecule has 2 rings (SSSR count). The van der Waals surface area contributed by atoms with E-state index in [2.05, 4.69) is 23.8 Å². The highest BCUT2D eigenvalue weighted by Crippen LogP contribution is 2.19. The first-order valence-corrected chi connectivity index (χ1v) is 6.69. The number of carbonyl (C=O) groups excluding carboxylic acids is 1. The largest absolute Gasteiger partial charge is 0.415 e.